The summed E-state index contributed by atoms with van der Waals surface area (Å²) in [6.07, 6.45) is 0. The second-order valence-corrected chi connectivity index (χ2v) is 5.07. The van der Waals surface area contributed by atoms with Gasteiger partial charge in [0.2, 0.25) is 0 Å². The smallest absolute Gasteiger partial charge is 0.251 e. The van der Waals surface area contributed by atoms with Crippen molar-refractivity contribution >= 4 is 22.9 Å². The van der Waals surface area contributed by atoms with Gasteiger partial charge in [-0.05, 0) is 42.1 Å². The Morgan fingerprint density at radius 3 is 2.78 bits per heavy atom. The Kier molecular flexibility index (Phi) is 3.99. The van der Waals surface area contributed by atoms with E-state index in [-0.39, 0.29) is 5.91 Å². The molecule has 1 aromatic carbocycles. The Labute approximate surface area is 111 Å². The summed E-state index contributed by atoms with van der Waals surface area (Å²) in [4.78, 5) is 12.8. The van der Waals surface area contributed by atoms with Crippen LogP contribution in [0.25, 0.3) is 0 Å². The first-order valence-electron chi connectivity index (χ1n) is 5.79. The molecule has 0 radical (unpaired) electrons. The van der Waals surface area contributed by atoms with Gasteiger partial charge in [-0.15, -0.1) is 11.3 Å². The third-order valence-corrected chi connectivity index (χ3v) is 3.63. The molecule has 4 heteroatoms. The molecule has 1 aromatic heterocycles. The fourth-order valence-corrected chi connectivity index (χ4v) is 2.39. The van der Waals surface area contributed by atoms with E-state index in [1.165, 1.54) is 4.88 Å². The molecule has 0 atom stereocenters. The first-order valence-corrected chi connectivity index (χ1v) is 6.67. The van der Waals surface area contributed by atoms with Crippen LogP contribution in [0.15, 0.2) is 35.7 Å². The topological polar surface area (TPSA) is 41.1 Å². The maximum absolute atomic E-state index is 11.5. The SMILES string of the molecule is CNC(=O)c1ccc(NCc2cccs2)c(C)c1. The molecule has 1 heterocycles. The predicted molar refractivity (Wildman–Crippen MR) is 76.2 cm³/mol. The molecule has 0 bridgehead atoms. The van der Waals surface area contributed by atoms with Crippen LogP contribution in [-0.2, 0) is 6.54 Å². The number of benzene rings is 1. The maximum atomic E-state index is 11.5. The Morgan fingerprint density at radius 2 is 2.17 bits per heavy atom. The van der Waals surface area contributed by atoms with E-state index in [0.29, 0.717) is 5.56 Å². The lowest BCUT2D eigenvalue weighted by molar-refractivity contribution is 0.0963. The molecule has 2 N–H and O–H groups in total. The number of rotatable bonds is 4. The monoisotopic (exact) mass is 260 g/mol. The lowest BCUT2D eigenvalue weighted by Crippen LogP contribution is -2.17. The first-order chi connectivity index (χ1) is 8.70. The summed E-state index contributed by atoms with van der Waals surface area (Å²) in [5, 5.41) is 8.07. The standard InChI is InChI=1S/C14H16N2OS/c1-10-8-11(14(17)15-2)5-6-13(10)16-9-12-4-3-7-18-12/h3-8,16H,9H2,1-2H3,(H,15,17). The lowest BCUT2D eigenvalue weighted by atomic mass is 10.1. The van der Waals surface area contributed by atoms with Gasteiger partial charge in [0.15, 0.2) is 0 Å². The van der Waals surface area contributed by atoms with E-state index in [4.69, 9.17) is 0 Å². The van der Waals surface area contributed by atoms with Gasteiger partial charge in [-0.2, -0.15) is 0 Å². The van der Waals surface area contributed by atoms with Crippen molar-refractivity contribution in [1.82, 2.24) is 5.32 Å². The van der Waals surface area contributed by atoms with Crippen molar-refractivity contribution in [2.75, 3.05) is 12.4 Å². The average molecular weight is 260 g/mol. The molecule has 94 valence electrons. The van der Waals surface area contributed by atoms with Gasteiger partial charge in [-0.25, -0.2) is 0 Å². The van der Waals surface area contributed by atoms with Crippen LogP contribution in [0.2, 0.25) is 0 Å². The molecule has 18 heavy (non-hydrogen) atoms. The zero-order chi connectivity index (χ0) is 13.0. The van der Waals surface area contributed by atoms with Gasteiger partial charge in [0.1, 0.15) is 0 Å². The number of amides is 1. The zero-order valence-electron chi connectivity index (χ0n) is 10.5. The number of anilines is 1. The van der Waals surface area contributed by atoms with Crippen molar-refractivity contribution in [3.8, 4) is 0 Å². The molecule has 0 aliphatic heterocycles. The molecule has 0 saturated heterocycles. The number of hydrogen-bond acceptors (Lipinski definition) is 3. The van der Waals surface area contributed by atoms with Crippen LogP contribution in [-0.4, -0.2) is 13.0 Å². The van der Waals surface area contributed by atoms with E-state index in [2.05, 4.69) is 22.1 Å². The van der Waals surface area contributed by atoms with Crippen molar-refractivity contribution in [3.63, 3.8) is 0 Å². The van der Waals surface area contributed by atoms with Crippen molar-refractivity contribution in [2.24, 2.45) is 0 Å². The predicted octanol–water partition coefficient (Wildman–Crippen LogP) is 3.03. The van der Waals surface area contributed by atoms with E-state index in [1.54, 1.807) is 18.4 Å². The molecule has 1 amide bonds. The van der Waals surface area contributed by atoms with Crippen LogP contribution in [0, 0.1) is 6.92 Å². The molecule has 2 aromatic rings. The van der Waals surface area contributed by atoms with E-state index in [0.717, 1.165) is 17.8 Å². The first kappa shape index (κ1) is 12.6. The quantitative estimate of drug-likeness (QED) is 0.887. The average Bonchev–Trinajstić information content (AvgIpc) is 2.89. The summed E-state index contributed by atoms with van der Waals surface area (Å²) in [6.45, 7) is 2.82. The van der Waals surface area contributed by atoms with E-state index >= 15 is 0 Å². The third-order valence-electron chi connectivity index (χ3n) is 2.75. The highest BCUT2D eigenvalue weighted by Gasteiger charge is 2.05. The summed E-state index contributed by atoms with van der Waals surface area (Å²) in [5.41, 5.74) is 2.83. The van der Waals surface area contributed by atoms with Gasteiger partial charge in [0, 0.05) is 29.7 Å². The molecule has 2 rings (SSSR count). The fraction of sp³-hybridized carbons (Fsp3) is 0.214. The number of nitrogens with one attached hydrogen (secondary N) is 2. The molecular formula is C14H16N2OS. The number of aryl methyl sites for hydroxylation is 1. The normalized spacial score (nSPS) is 10.1. The van der Waals surface area contributed by atoms with Gasteiger partial charge in [-0.3, -0.25) is 4.79 Å². The Morgan fingerprint density at radius 1 is 1.33 bits per heavy atom. The molecule has 0 saturated carbocycles. The van der Waals surface area contributed by atoms with Crippen LogP contribution >= 0.6 is 11.3 Å². The molecule has 0 fully saturated rings. The number of thiophene rings is 1. The molecule has 3 nitrogen and oxygen atoms in total. The summed E-state index contributed by atoms with van der Waals surface area (Å²) in [5.74, 6) is -0.0529. The summed E-state index contributed by atoms with van der Waals surface area (Å²) in [7, 11) is 1.64. The maximum Gasteiger partial charge on any atom is 0.251 e. The second kappa shape index (κ2) is 5.69. The van der Waals surface area contributed by atoms with Crippen LogP contribution in [0.4, 0.5) is 5.69 Å². The fourth-order valence-electron chi connectivity index (χ4n) is 1.74. The van der Waals surface area contributed by atoms with Crippen molar-refractivity contribution in [2.45, 2.75) is 13.5 Å². The van der Waals surface area contributed by atoms with Crippen LogP contribution in [0.3, 0.4) is 0 Å². The van der Waals surface area contributed by atoms with Gasteiger partial charge in [0.05, 0.1) is 0 Å². The lowest BCUT2D eigenvalue weighted by Gasteiger charge is -2.10. The van der Waals surface area contributed by atoms with Gasteiger partial charge >= 0.3 is 0 Å². The highest BCUT2D eigenvalue weighted by molar-refractivity contribution is 7.09. The Bertz CT molecular complexity index is 535. The van der Waals surface area contributed by atoms with Crippen molar-refractivity contribution in [1.29, 1.82) is 0 Å². The zero-order valence-corrected chi connectivity index (χ0v) is 11.3. The number of carbonyl (C=O) groups excluding carboxylic acids is 1. The highest BCUT2D eigenvalue weighted by atomic mass is 32.1. The minimum atomic E-state index is -0.0529. The second-order valence-electron chi connectivity index (χ2n) is 4.04. The molecule has 0 aliphatic rings. The number of carbonyl (C=O) groups is 1. The van der Waals surface area contributed by atoms with Crippen LogP contribution < -0.4 is 10.6 Å². The molecule has 0 aliphatic carbocycles. The van der Waals surface area contributed by atoms with Gasteiger partial charge in [0.25, 0.3) is 5.91 Å². The molecule has 0 spiro atoms. The summed E-state index contributed by atoms with van der Waals surface area (Å²) in [6, 6.07) is 9.83. The Balaban J connectivity index is 2.08. The van der Waals surface area contributed by atoms with E-state index in [9.17, 15) is 4.79 Å². The van der Waals surface area contributed by atoms with Crippen molar-refractivity contribution < 1.29 is 4.79 Å². The van der Waals surface area contributed by atoms with Gasteiger partial charge < -0.3 is 10.6 Å². The van der Waals surface area contributed by atoms with Crippen LogP contribution in [0.5, 0.6) is 0 Å². The highest BCUT2D eigenvalue weighted by Crippen LogP contribution is 2.18. The van der Waals surface area contributed by atoms with Gasteiger partial charge in [-0.1, -0.05) is 6.07 Å². The number of hydrogen-bond donors (Lipinski definition) is 2. The summed E-state index contributed by atoms with van der Waals surface area (Å²) >= 11 is 1.73. The largest absolute Gasteiger partial charge is 0.380 e. The van der Waals surface area contributed by atoms with Crippen molar-refractivity contribution in [3.05, 3.63) is 51.7 Å². The van der Waals surface area contributed by atoms with E-state index < -0.39 is 0 Å². The summed E-state index contributed by atoms with van der Waals surface area (Å²) < 4.78 is 0. The molecular weight excluding hydrogens is 244 g/mol. The minimum Gasteiger partial charge on any atom is -0.380 e. The minimum absolute atomic E-state index is 0.0529. The third kappa shape index (κ3) is 2.90. The molecule has 0 unspecified atom stereocenters. The van der Waals surface area contributed by atoms with Crippen LogP contribution in [0.1, 0.15) is 20.8 Å². The van der Waals surface area contributed by atoms with E-state index in [1.807, 2.05) is 31.2 Å². The Hall–Kier alpha value is -1.81.